The van der Waals surface area contributed by atoms with Crippen LogP contribution in [0.4, 0.5) is 9.93 Å². The van der Waals surface area contributed by atoms with Gasteiger partial charge in [-0.15, -0.1) is 11.8 Å². The summed E-state index contributed by atoms with van der Waals surface area (Å²) in [6.07, 6.45) is 5.34. The van der Waals surface area contributed by atoms with Crippen LogP contribution in [0.15, 0.2) is 51.4 Å². The van der Waals surface area contributed by atoms with E-state index in [4.69, 9.17) is 9.15 Å². The highest BCUT2D eigenvalue weighted by atomic mass is 32.2. The maximum absolute atomic E-state index is 12.7. The summed E-state index contributed by atoms with van der Waals surface area (Å²) in [7, 11) is 0. The Morgan fingerprint density at radius 1 is 1.26 bits per heavy atom. The molecule has 1 aliphatic heterocycles. The smallest absolute Gasteiger partial charge is 0.410 e. The fraction of sp³-hybridized carbons (Fsp3) is 0.480. The van der Waals surface area contributed by atoms with Crippen molar-refractivity contribution in [1.29, 1.82) is 0 Å². The summed E-state index contributed by atoms with van der Waals surface area (Å²) >= 11 is 3.28. The van der Waals surface area contributed by atoms with Crippen LogP contribution >= 0.6 is 23.1 Å². The lowest BCUT2D eigenvalue weighted by atomic mass is 9.94. The highest BCUT2D eigenvalue weighted by molar-refractivity contribution is 8.00. The topological polar surface area (TPSA) is 80.5 Å². The number of anilines is 1. The summed E-state index contributed by atoms with van der Waals surface area (Å²) < 4.78 is 12.5. The number of nitrogens with zero attached hydrogens (tertiary/aromatic N) is 3. The van der Waals surface area contributed by atoms with Crippen molar-refractivity contribution < 1.29 is 13.9 Å². The number of rotatable bonds is 7. The van der Waals surface area contributed by atoms with E-state index in [1.54, 1.807) is 23.1 Å². The Labute approximate surface area is 209 Å². The van der Waals surface area contributed by atoms with Gasteiger partial charge in [-0.25, -0.2) is 14.8 Å². The van der Waals surface area contributed by atoms with Gasteiger partial charge in [-0.3, -0.25) is 0 Å². The van der Waals surface area contributed by atoms with Crippen LogP contribution in [0.1, 0.15) is 57.8 Å². The molecule has 1 saturated heterocycles. The van der Waals surface area contributed by atoms with Crippen LogP contribution in [0.2, 0.25) is 0 Å². The standard InChI is InChI=1S/C25H32N4O3S2/c1-17-19(11-8-12-29(17)24(30)31-15-18-9-6-5-7-10-18)28-23-27-14-22(34-23)33-16-21-26-13-20(32-21)25(2,3)4/h5-7,9-10,13-14,17,19H,8,11-12,15-16H2,1-4H3,(H,27,28)/t17-,19-/m1/s1. The monoisotopic (exact) mass is 500 g/mol. The SMILES string of the molecule is C[C@@H]1[C@H](Nc2ncc(SCc3ncc(C(C)(C)C)o3)s2)CCCN1C(=O)OCc1ccccc1. The molecule has 3 heterocycles. The van der Waals surface area contributed by atoms with E-state index in [0.717, 1.165) is 39.4 Å². The van der Waals surface area contributed by atoms with E-state index < -0.39 is 0 Å². The molecule has 2 aromatic heterocycles. The molecule has 0 saturated carbocycles. The van der Waals surface area contributed by atoms with E-state index in [9.17, 15) is 4.79 Å². The van der Waals surface area contributed by atoms with E-state index in [-0.39, 0.29) is 30.2 Å². The molecule has 1 N–H and O–H groups in total. The van der Waals surface area contributed by atoms with Crippen molar-refractivity contribution in [3.05, 3.63) is 59.9 Å². The Morgan fingerprint density at radius 2 is 2.06 bits per heavy atom. The first-order chi connectivity index (χ1) is 16.3. The van der Waals surface area contributed by atoms with Crippen molar-refractivity contribution in [2.75, 3.05) is 11.9 Å². The first kappa shape index (κ1) is 24.6. The zero-order valence-corrected chi connectivity index (χ0v) is 21.7. The van der Waals surface area contributed by atoms with Gasteiger partial charge in [0.1, 0.15) is 12.4 Å². The van der Waals surface area contributed by atoms with E-state index in [2.05, 4.69) is 43.0 Å². The molecule has 0 bridgehead atoms. The van der Waals surface area contributed by atoms with E-state index in [0.29, 0.717) is 12.3 Å². The maximum Gasteiger partial charge on any atom is 0.410 e. The minimum absolute atomic E-state index is 0.0140. The second-order valence-corrected chi connectivity index (χ2v) is 11.8. The Hall–Kier alpha value is -2.52. The number of aromatic nitrogens is 2. The number of likely N-dealkylation sites (tertiary alicyclic amines) is 1. The van der Waals surface area contributed by atoms with Crippen molar-refractivity contribution in [1.82, 2.24) is 14.9 Å². The molecule has 0 unspecified atom stereocenters. The van der Waals surface area contributed by atoms with Crippen LogP contribution in [0.25, 0.3) is 0 Å². The summed E-state index contributed by atoms with van der Waals surface area (Å²) in [5.74, 6) is 2.29. The number of thioether (sulfide) groups is 1. The van der Waals surface area contributed by atoms with Crippen molar-refractivity contribution in [3.8, 4) is 0 Å². The number of piperidine rings is 1. The van der Waals surface area contributed by atoms with Crippen molar-refractivity contribution in [2.45, 2.75) is 74.6 Å². The maximum atomic E-state index is 12.7. The van der Waals surface area contributed by atoms with Gasteiger partial charge in [0.05, 0.1) is 28.4 Å². The molecular weight excluding hydrogens is 468 g/mol. The van der Waals surface area contributed by atoms with Gasteiger partial charge in [0.2, 0.25) is 5.89 Å². The molecule has 0 aliphatic carbocycles. The fourth-order valence-electron chi connectivity index (χ4n) is 3.80. The summed E-state index contributed by atoms with van der Waals surface area (Å²) in [6.45, 7) is 9.40. The van der Waals surface area contributed by atoms with Gasteiger partial charge >= 0.3 is 6.09 Å². The highest BCUT2D eigenvalue weighted by Crippen LogP contribution is 2.33. The molecule has 1 amide bonds. The van der Waals surface area contributed by atoms with Crippen LogP contribution in [-0.2, 0) is 22.5 Å². The molecule has 0 radical (unpaired) electrons. The van der Waals surface area contributed by atoms with Crippen molar-refractivity contribution in [3.63, 3.8) is 0 Å². The molecular formula is C25H32N4O3S2. The van der Waals surface area contributed by atoms with Crippen LogP contribution in [0, 0.1) is 0 Å². The zero-order valence-electron chi connectivity index (χ0n) is 20.1. The van der Waals surface area contributed by atoms with Gasteiger partial charge in [0.15, 0.2) is 5.13 Å². The third kappa shape index (κ3) is 6.33. The van der Waals surface area contributed by atoms with Gasteiger partial charge in [-0.05, 0) is 25.3 Å². The lowest BCUT2D eigenvalue weighted by Crippen LogP contribution is -2.52. The van der Waals surface area contributed by atoms with Gasteiger partial charge in [0, 0.05) is 18.0 Å². The molecule has 4 rings (SSSR count). The van der Waals surface area contributed by atoms with Crippen molar-refractivity contribution >= 4 is 34.3 Å². The summed E-state index contributed by atoms with van der Waals surface area (Å²) in [5, 5.41) is 4.40. The predicted octanol–water partition coefficient (Wildman–Crippen LogP) is 6.32. The largest absolute Gasteiger partial charge is 0.445 e. The number of carbonyl (C=O) groups excluding carboxylic acids is 1. The van der Waals surface area contributed by atoms with E-state index >= 15 is 0 Å². The van der Waals surface area contributed by atoms with E-state index in [1.165, 1.54) is 0 Å². The number of ether oxygens (including phenoxy) is 1. The molecule has 1 aromatic carbocycles. The average molecular weight is 501 g/mol. The van der Waals surface area contributed by atoms with Crippen LogP contribution < -0.4 is 5.32 Å². The van der Waals surface area contributed by atoms with Crippen LogP contribution in [0.3, 0.4) is 0 Å². The number of hydrogen-bond donors (Lipinski definition) is 1. The molecule has 182 valence electrons. The van der Waals surface area contributed by atoms with Gasteiger partial charge in [-0.2, -0.15) is 0 Å². The van der Waals surface area contributed by atoms with Crippen LogP contribution in [-0.4, -0.2) is 39.6 Å². The third-order valence-electron chi connectivity index (χ3n) is 5.85. The normalized spacial score (nSPS) is 18.6. The van der Waals surface area contributed by atoms with E-state index in [1.807, 2.05) is 47.6 Å². The Balaban J connectivity index is 1.28. The van der Waals surface area contributed by atoms with Gasteiger partial charge in [0.25, 0.3) is 0 Å². The summed E-state index contributed by atoms with van der Waals surface area (Å²) in [5.41, 5.74) is 0.943. The van der Waals surface area contributed by atoms with Gasteiger partial charge in [-0.1, -0.05) is 62.4 Å². The molecule has 1 fully saturated rings. The number of carbonyl (C=O) groups is 1. The summed E-state index contributed by atoms with van der Waals surface area (Å²) in [6, 6.07) is 9.90. The molecule has 2 atom stereocenters. The molecule has 9 heteroatoms. The Bertz CT molecular complexity index is 1080. The summed E-state index contributed by atoms with van der Waals surface area (Å²) in [4.78, 5) is 23.5. The number of oxazole rings is 1. The minimum Gasteiger partial charge on any atom is -0.445 e. The first-order valence-corrected chi connectivity index (χ1v) is 13.4. The molecule has 7 nitrogen and oxygen atoms in total. The second kappa shape index (κ2) is 10.8. The fourth-order valence-corrected chi connectivity index (χ4v) is 5.59. The Kier molecular flexibility index (Phi) is 7.83. The zero-order chi connectivity index (χ0) is 24.1. The lowest BCUT2D eigenvalue weighted by molar-refractivity contribution is 0.0688. The minimum atomic E-state index is -0.265. The number of benzene rings is 1. The van der Waals surface area contributed by atoms with Gasteiger partial charge < -0.3 is 19.4 Å². The first-order valence-electron chi connectivity index (χ1n) is 11.6. The highest BCUT2D eigenvalue weighted by Gasteiger charge is 2.32. The second-order valence-electron chi connectivity index (χ2n) is 9.51. The molecule has 3 aromatic rings. The number of thiazole rings is 1. The average Bonchev–Trinajstić information content (AvgIpc) is 3.48. The number of nitrogens with one attached hydrogen (secondary N) is 1. The molecule has 34 heavy (non-hydrogen) atoms. The van der Waals surface area contributed by atoms with Crippen LogP contribution in [0.5, 0.6) is 0 Å². The predicted molar refractivity (Wildman–Crippen MR) is 136 cm³/mol. The molecule has 0 spiro atoms. The number of amides is 1. The molecule has 1 aliphatic rings. The quantitative estimate of drug-likeness (QED) is 0.380. The lowest BCUT2D eigenvalue weighted by Gasteiger charge is -2.38. The van der Waals surface area contributed by atoms with Crippen molar-refractivity contribution in [2.24, 2.45) is 0 Å². The number of hydrogen-bond acceptors (Lipinski definition) is 8. The Morgan fingerprint density at radius 3 is 2.79 bits per heavy atom. The third-order valence-corrected chi connectivity index (χ3v) is 7.96.